The van der Waals surface area contributed by atoms with Gasteiger partial charge < -0.3 is 16.0 Å². The first-order chi connectivity index (χ1) is 11.0. The van der Waals surface area contributed by atoms with E-state index in [1.807, 2.05) is 35.2 Å². The van der Waals surface area contributed by atoms with Gasteiger partial charge in [0.05, 0.1) is 18.8 Å². The number of amides is 3. The van der Waals surface area contributed by atoms with Gasteiger partial charge in [-0.15, -0.1) is 0 Å². The molecule has 3 amide bonds. The molecule has 8 heteroatoms. The number of nitrogens with one attached hydrogen (secondary N) is 1. The highest BCUT2D eigenvalue weighted by Gasteiger charge is 2.33. The third-order valence-corrected chi connectivity index (χ3v) is 4.69. The van der Waals surface area contributed by atoms with Crippen molar-refractivity contribution in [3.63, 3.8) is 0 Å². The van der Waals surface area contributed by atoms with Crippen molar-refractivity contribution in [2.45, 2.75) is 44.8 Å². The Bertz CT molecular complexity index is 548. The molecule has 1 fully saturated rings. The van der Waals surface area contributed by atoms with Crippen molar-refractivity contribution in [3.8, 4) is 0 Å². The predicted octanol–water partition coefficient (Wildman–Crippen LogP) is 0.973. The van der Waals surface area contributed by atoms with Crippen molar-refractivity contribution in [2.24, 2.45) is 5.73 Å². The first-order valence-electron chi connectivity index (χ1n) is 7.85. The molecule has 0 spiro atoms. The number of hydrogen-bond acceptors (Lipinski definition) is 4. The molecule has 1 saturated heterocycles. The Morgan fingerprint density at radius 3 is 2.96 bits per heavy atom. The van der Waals surface area contributed by atoms with Crippen molar-refractivity contribution in [3.05, 3.63) is 18.0 Å². The molecule has 2 atom stereocenters. The maximum Gasteiger partial charge on any atom is 0.312 e. The molecular formula is C15H25N5O2S. The molecule has 0 radical (unpaired) electrons. The molecule has 1 aromatic heterocycles. The average molecular weight is 339 g/mol. The molecule has 1 aromatic rings. The lowest BCUT2D eigenvalue weighted by molar-refractivity contribution is -0.134. The number of urea groups is 1. The van der Waals surface area contributed by atoms with Gasteiger partial charge >= 0.3 is 6.03 Å². The largest absolute Gasteiger partial charge is 0.352 e. The van der Waals surface area contributed by atoms with Crippen molar-refractivity contribution in [1.29, 1.82) is 0 Å². The Hall–Kier alpha value is -1.70. The molecule has 0 saturated carbocycles. The molecule has 7 nitrogen and oxygen atoms in total. The first-order valence-corrected chi connectivity index (χ1v) is 9.25. The Morgan fingerprint density at radius 1 is 1.57 bits per heavy atom. The van der Waals surface area contributed by atoms with Gasteiger partial charge in [0.2, 0.25) is 5.91 Å². The van der Waals surface area contributed by atoms with Gasteiger partial charge in [0.1, 0.15) is 6.04 Å². The van der Waals surface area contributed by atoms with Gasteiger partial charge in [-0.2, -0.15) is 16.9 Å². The van der Waals surface area contributed by atoms with Crippen LogP contribution < -0.4 is 11.1 Å². The van der Waals surface area contributed by atoms with Crippen LogP contribution in [0.3, 0.4) is 0 Å². The summed E-state index contributed by atoms with van der Waals surface area (Å²) in [4.78, 5) is 25.9. The molecule has 3 N–H and O–H groups in total. The molecule has 23 heavy (non-hydrogen) atoms. The summed E-state index contributed by atoms with van der Waals surface area (Å²) in [6.07, 6.45) is 8.29. The van der Waals surface area contributed by atoms with Crippen molar-refractivity contribution in [1.82, 2.24) is 20.0 Å². The van der Waals surface area contributed by atoms with Crippen LogP contribution in [0.15, 0.2) is 12.4 Å². The summed E-state index contributed by atoms with van der Waals surface area (Å²) < 4.78 is 1.88. The van der Waals surface area contributed by atoms with Gasteiger partial charge in [-0.3, -0.25) is 9.48 Å². The number of primary amides is 1. The molecule has 0 aromatic carbocycles. The topological polar surface area (TPSA) is 93.2 Å². The van der Waals surface area contributed by atoms with Crippen molar-refractivity contribution >= 4 is 23.7 Å². The van der Waals surface area contributed by atoms with Gasteiger partial charge in [-0.1, -0.05) is 0 Å². The van der Waals surface area contributed by atoms with E-state index in [0.717, 1.165) is 30.7 Å². The van der Waals surface area contributed by atoms with E-state index in [9.17, 15) is 9.59 Å². The van der Waals surface area contributed by atoms with Crippen LogP contribution in [0.4, 0.5) is 4.79 Å². The number of hydrogen-bond donors (Lipinski definition) is 2. The van der Waals surface area contributed by atoms with Gasteiger partial charge in [0.15, 0.2) is 0 Å². The second-order valence-corrected chi connectivity index (χ2v) is 6.90. The van der Waals surface area contributed by atoms with Crippen molar-refractivity contribution in [2.75, 3.05) is 18.6 Å². The first kappa shape index (κ1) is 17.7. The maximum atomic E-state index is 12.8. The minimum atomic E-state index is -0.650. The predicted molar refractivity (Wildman–Crippen MR) is 91.2 cm³/mol. The molecule has 0 bridgehead atoms. The lowest BCUT2D eigenvalue weighted by Crippen LogP contribution is -2.52. The van der Waals surface area contributed by atoms with Crippen LogP contribution in [-0.4, -0.2) is 57.3 Å². The minimum absolute atomic E-state index is 0.0378. The third kappa shape index (κ3) is 4.89. The Morgan fingerprint density at radius 2 is 2.35 bits per heavy atom. The number of nitrogens with zero attached hydrogens (tertiary/aromatic N) is 3. The summed E-state index contributed by atoms with van der Waals surface area (Å²) in [5.74, 6) is 0.761. The van der Waals surface area contributed by atoms with Crippen LogP contribution in [0.2, 0.25) is 0 Å². The van der Waals surface area contributed by atoms with Gasteiger partial charge in [-0.25, -0.2) is 4.79 Å². The molecule has 1 aliphatic rings. The van der Waals surface area contributed by atoms with E-state index in [-0.39, 0.29) is 11.9 Å². The zero-order chi connectivity index (χ0) is 16.8. The van der Waals surface area contributed by atoms with Crippen LogP contribution in [0, 0.1) is 6.92 Å². The molecule has 0 unspecified atom stereocenters. The second-order valence-electron chi connectivity index (χ2n) is 5.91. The number of rotatable bonds is 7. The second kappa shape index (κ2) is 8.24. The zero-order valence-electron chi connectivity index (χ0n) is 13.7. The van der Waals surface area contributed by atoms with Gasteiger partial charge in [0, 0.05) is 12.7 Å². The summed E-state index contributed by atoms with van der Waals surface area (Å²) in [5.41, 5.74) is 6.33. The van der Waals surface area contributed by atoms with E-state index in [2.05, 4.69) is 10.4 Å². The number of thioether (sulfide) groups is 1. The van der Waals surface area contributed by atoms with Crippen molar-refractivity contribution < 1.29 is 9.59 Å². The average Bonchev–Trinajstić information content (AvgIpc) is 3.12. The molecule has 0 aliphatic carbocycles. The number of likely N-dealkylation sites (tertiary alicyclic amines) is 1. The van der Waals surface area contributed by atoms with Crippen LogP contribution in [-0.2, 0) is 11.3 Å². The van der Waals surface area contributed by atoms with E-state index < -0.39 is 12.1 Å². The Balaban J connectivity index is 2.03. The van der Waals surface area contributed by atoms with Crippen LogP contribution in [0.5, 0.6) is 0 Å². The molecular weight excluding hydrogens is 314 g/mol. The fourth-order valence-corrected chi connectivity index (χ4v) is 3.43. The lowest BCUT2D eigenvalue weighted by atomic mass is 10.1. The van der Waals surface area contributed by atoms with Gasteiger partial charge in [0.25, 0.3) is 0 Å². The highest BCUT2D eigenvalue weighted by molar-refractivity contribution is 7.98. The summed E-state index contributed by atoms with van der Waals surface area (Å²) in [7, 11) is 0. The van der Waals surface area contributed by atoms with E-state index in [0.29, 0.717) is 13.0 Å². The minimum Gasteiger partial charge on any atom is -0.352 e. The highest BCUT2D eigenvalue weighted by Crippen LogP contribution is 2.21. The van der Waals surface area contributed by atoms with E-state index >= 15 is 0 Å². The van der Waals surface area contributed by atoms with Crippen LogP contribution in [0.1, 0.15) is 24.8 Å². The smallest absolute Gasteiger partial charge is 0.312 e. The third-order valence-electron chi connectivity index (χ3n) is 4.05. The SMILES string of the molecule is CSCC[C@H](NC(N)=O)C(=O)N1CCC[C@@H]1Cn1cc(C)cn1. The van der Waals surface area contributed by atoms with Gasteiger partial charge in [-0.05, 0) is 43.8 Å². The number of nitrogens with two attached hydrogens (primary N) is 1. The van der Waals surface area contributed by atoms with E-state index in [1.165, 1.54) is 0 Å². The standard InChI is InChI=1S/C15H25N5O2S/c1-11-8-17-19(9-11)10-12-4-3-6-20(12)14(21)13(5-7-23-2)18-15(16)22/h8-9,12-13H,3-7,10H2,1-2H3,(H3,16,18,22)/t12-,13+/m1/s1. The Labute approximate surface area is 141 Å². The summed E-state index contributed by atoms with van der Waals surface area (Å²) in [5, 5.41) is 6.89. The van der Waals surface area contributed by atoms with E-state index in [4.69, 9.17) is 5.73 Å². The molecule has 2 rings (SSSR count). The number of carbonyl (C=O) groups excluding carboxylic acids is 2. The summed E-state index contributed by atoms with van der Waals surface area (Å²) in [6.45, 7) is 3.40. The number of carbonyl (C=O) groups is 2. The normalized spacial score (nSPS) is 18.9. The monoisotopic (exact) mass is 339 g/mol. The highest BCUT2D eigenvalue weighted by atomic mass is 32.2. The summed E-state index contributed by atoms with van der Waals surface area (Å²) in [6, 6.07) is -1.07. The number of aromatic nitrogens is 2. The molecule has 128 valence electrons. The molecule has 2 heterocycles. The summed E-state index contributed by atoms with van der Waals surface area (Å²) >= 11 is 1.65. The Kier molecular flexibility index (Phi) is 6.32. The van der Waals surface area contributed by atoms with Crippen LogP contribution >= 0.6 is 11.8 Å². The fourth-order valence-electron chi connectivity index (χ4n) is 2.96. The zero-order valence-corrected chi connectivity index (χ0v) is 14.5. The number of aryl methyl sites for hydroxylation is 1. The molecule has 1 aliphatic heterocycles. The lowest BCUT2D eigenvalue weighted by Gasteiger charge is -2.29. The quantitative estimate of drug-likeness (QED) is 0.774. The van der Waals surface area contributed by atoms with Crippen LogP contribution in [0.25, 0.3) is 0 Å². The maximum absolute atomic E-state index is 12.8. The fraction of sp³-hybridized carbons (Fsp3) is 0.667. The van der Waals surface area contributed by atoms with E-state index in [1.54, 1.807) is 11.8 Å².